The van der Waals surface area contributed by atoms with Crippen LogP contribution in [0.2, 0.25) is 5.02 Å². The summed E-state index contributed by atoms with van der Waals surface area (Å²) in [5.41, 5.74) is 1.82. The van der Waals surface area contributed by atoms with E-state index in [2.05, 4.69) is 15.0 Å². The molecule has 0 saturated heterocycles. The van der Waals surface area contributed by atoms with Crippen LogP contribution in [0.5, 0.6) is 0 Å². The van der Waals surface area contributed by atoms with Crippen molar-refractivity contribution in [1.29, 1.82) is 0 Å². The largest absolute Gasteiger partial charge is 0.309 e. The van der Waals surface area contributed by atoms with E-state index in [1.165, 1.54) is 0 Å². The molecule has 4 nitrogen and oxygen atoms in total. The van der Waals surface area contributed by atoms with Crippen molar-refractivity contribution < 1.29 is 0 Å². The Kier molecular flexibility index (Phi) is 4.27. The Morgan fingerprint density at radius 3 is 2.96 bits per heavy atom. The van der Waals surface area contributed by atoms with Gasteiger partial charge in [0.05, 0.1) is 16.7 Å². The molecular formula is C18H14ClN3OS2. The summed E-state index contributed by atoms with van der Waals surface area (Å²) in [6.45, 7) is 3.98. The molecule has 3 aromatic heterocycles. The number of nitrogens with one attached hydrogen (secondary N) is 1. The lowest BCUT2D eigenvalue weighted by Gasteiger charge is -2.06. The topological polar surface area (TPSA) is 58.6 Å². The normalized spacial score (nSPS) is 11.5. The quantitative estimate of drug-likeness (QED) is 0.497. The van der Waals surface area contributed by atoms with Crippen LogP contribution in [0.25, 0.3) is 21.1 Å². The molecule has 0 unspecified atom stereocenters. The van der Waals surface area contributed by atoms with Gasteiger partial charge < -0.3 is 4.98 Å². The zero-order valence-electron chi connectivity index (χ0n) is 13.6. The van der Waals surface area contributed by atoms with E-state index in [1.807, 2.05) is 38.1 Å². The zero-order valence-corrected chi connectivity index (χ0v) is 16.0. The fourth-order valence-corrected chi connectivity index (χ4v) is 4.86. The number of aromatic amines is 1. The van der Waals surface area contributed by atoms with E-state index in [9.17, 15) is 4.79 Å². The number of fused-ring (bicyclic) bond motifs is 2. The molecule has 0 saturated carbocycles. The smallest absolute Gasteiger partial charge is 0.259 e. The molecule has 7 heteroatoms. The predicted octanol–water partition coefficient (Wildman–Crippen LogP) is 5.10. The highest BCUT2D eigenvalue weighted by atomic mass is 35.5. The molecule has 0 radical (unpaired) electrons. The van der Waals surface area contributed by atoms with Gasteiger partial charge in [0.15, 0.2) is 0 Å². The molecule has 4 aromatic rings. The van der Waals surface area contributed by atoms with Gasteiger partial charge in [0.1, 0.15) is 10.7 Å². The van der Waals surface area contributed by atoms with Gasteiger partial charge in [0, 0.05) is 26.4 Å². The van der Waals surface area contributed by atoms with Crippen LogP contribution in [0, 0.1) is 13.8 Å². The Labute approximate surface area is 157 Å². The third-order valence-corrected chi connectivity index (χ3v) is 6.54. The molecule has 0 spiro atoms. The summed E-state index contributed by atoms with van der Waals surface area (Å²) in [6.07, 6.45) is 1.77. The molecule has 0 bridgehead atoms. The summed E-state index contributed by atoms with van der Waals surface area (Å²) >= 11 is 9.23. The van der Waals surface area contributed by atoms with Crippen LogP contribution in [-0.4, -0.2) is 15.0 Å². The molecule has 25 heavy (non-hydrogen) atoms. The van der Waals surface area contributed by atoms with Crippen molar-refractivity contribution in [2.24, 2.45) is 0 Å². The number of benzene rings is 1. The van der Waals surface area contributed by atoms with Gasteiger partial charge in [-0.1, -0.05) is 17.7 Å². The van der Waals surface area contributed by atoms with Gasteiger partial charge >= 0.3 is 0 Å². The first-order valence-corrected chi connectivity index (χ1v) is 9.87. The van der Waals surface area contributed by atoms with Crippen LogP contribution in [-0.2, 0) is 5.75 Å². The number of thiophene rings is 1. The average Bonchev–Trinajstić information content (AvgIpc) is 2.87. The second-order valence-electron chi connectivity index (χ2n) is 5.74. The molecule has 0 aliphatic carbocycles. The van der Waals surface area contributed by atoms with E-state index in [0.29, 0.717) is 22.0 Å². The molecule has 1 aromatic carbocycles. The fourth-order valence-electron chi connectivity index (χ4n) is 2.73. The standard InChI is InChI=1S/C18H14ClN3OS2/c1-9-10(2)25-18-16(9)17(23)21-15(22-18)8-24-14-5-6-20-13-7-11(19)3-4-12(13)14/h3-7H,8H2,1-2H3,(H,21,22,23). The lowest BCUT2D eigenvalue weighted by Crippen LogP contribution is -2.10. The number of aryl methyl sites for hydroxylation is 2. The van der Waals surface area contributed by atoms with E-state index in [0.717, 1.165) is 31.1 Å². The number of H-pyrrole nitrogens is 1. The van der Waals surface area contributed by atoms with Gasteiger partial charge in [-0.15, -0.1) is 23.1 Å². The van der Waals surface area contributed by atoms with Gasteiger partial charge in [-0.2, -0.15) is 0 Å². The van der Waals surface area contributed by atoms with E-state index in [4.69, 9.17) is 11.6 Å². The summed E-state index contributed by atoms with van der Waals surface area (Å²) in [6, 6.07) is 7.65. The highest BCUT2D eigenvalue weighted by Gasteiger charge is 2.12. The second kappa shape index (κ2) is 6.44. The predicted molar refractivity (Wildman–Crippen MR) is 106 cm³/mol. The number of hydrogen-bond acceptors (Lipinski definition) is 5. The van der Waals surface area contributed by atoms with Crippen molar-refractivity contribution in [2.45, 2.75) is 24.5 Å². The minimum absolute atomic E-state index is 0.0613. The number of pyridine rings is 1. The minimum atomic E-state index is -0.0613. The molecule has 0 amide bonds. The summed E-state index contributed by atoms with van der Waals surface area (Å²) in [4.78, 5) is 27.3. The Bertz CT molecular complexity index is 1170. The number of hydrogen-bond donors (Lipinski definition) is 1. The fraction of sp³-hybridized carbons (Fsp3) is 0.167. The maximum atomic E-state index is 12.4. The summed E-state index contributed by atoms with van der Waals surface area (Å²) < 4.78 is 0. The highest BCUT2D eigenvalue weighted by Crippen LogP contribution is 2.31. The molecular weight excluding hydrogens is 374 g/mol. The number of aromatic nitrogens is 3. The van der Waals surface area contributed by atoms with Crippen molar-refractivity contribution in [1.82, 2.24) is 15.0 Å². The van der Waals surface area contributed by atoms with Crippen LogP contribution < -0.4 is 5.56 Å². The Balaban J connectivity index is 1.68. The van der Waals surface area contributed by atoms with Crippen LogP contribution >= 0.6 is 34.7 Å². The first-order chi connectivity index (χ1) is 12.0. The number of rotatable bonds is 3. The molecule has 0 aliphatic rings. The van der Waals surface area contributed by atoms with Gasteiger partial charge in [-0.3, -0.25) is 9.78 Å². The Morgan fingerprint density at radius 2 is 2.12 bits per heavy atom. The lowest BCUT2D eigenvalue weighted by atomic mass is 10.2. The summed E-state index contributed by atoms with van der Waals surface area (Å²) in [5.74, 6) is 1.27. The molecule has 0 atom stereocenters. The zero-order chi connectivity index (χ0) is 17.6. The monoisotopic (exact) mass is 387 g/mol. The SMILES string of the molecule is Cc1sc2nc(CSc3ccnc4cc(Cl)ccc34)[nH]c(=O)c2c1C. The third kappa shape index (κ3) is 3.05. The van der Waals surface area contributed by atoms with E-state index in [1.54, 1.807) is 29.3 Å². The van der Waals surface area contributed by atoms with Crippen molar-refractivity contribution in [2.75, 3.05) is 0 Å². The minimum Gasteiger partial charge on any atom is -0.309 e. The van der Waals surface area contributed by atoms with Crippen molar-refractivity contribution in [3.63, 3.8) is 0 Å². The lowest BCUT2D eigenvalue weighted by molar-refractivity contribution is 1.04. The van der Waals surface area contributed by atoms with Crippen LogP contribution in [0.15, 0.2) is 40.2 Å². The van der Waals surface area contributed by atoms with Gasteiger partial charge in [0.2, 0.25) is 0 Å². The van der Waals surface area contributed by atoms with E-state index < -0.39 is 0 Å². The van der Waals surface area contributed by atoms with Gasteiger partial charge in [-0.05, 0) is 37.6 Å². The molecule has 4 rings (SSSR count). The van der Waals surface area contributed by atoms with E-state index in [-0.39, 0.29) is 5.56 Å². The molecule has 0 fully saturated rings. The average molecular weight is 388 g/mol. The summed E-state index contributed by atoms with van der Waals surface area (Å²) in [5, 5.41) is 2.42. The number of nitrogens with zero attached hydrogens (tertiary/aromatic N) is 2. The van der Waals surface area contributed by atoms with Crippen LogP contribution in [0.1, 0.15) is 16.3 Å². The molecule has 1 N–H and O–H groups in total. The van der Waals surface area contributed by atoms with E-state index >= 15 is 0 Å². The first-order valence-electron chi connectivity index (χ1n) is 7.69. The third-order valence-electron chi connectivity index (χ3n) is 4.12. The molecule has 126 valence electrons. The molecule has 0 aliphatic heterocycles. The molecule has 3 heterocycles. The maximum absolute atomic E-state index is 12.4. The Morgan fingerprint density at radius 1 is 1.28 bits per heavy atom. The van der Waals surface area contributed by atoms with Crippen molar-refractivity contribution in [3.8, 4) is 0 Å². The van der Waals surface area contributed by atoms with Gasteiger partial charge in [0.25, 0.3) is 5.56 Å². The second-order valence-corrected chi connectivity index (χ2v) is 8.39. The highest BCUT2D eigenvalue weighted by molar-refractivity contribution is 7.98. The van der Waals surface area contributed by atoms with Crippen LogP contribution in [0.3, 0.4) is 0 Å². The van der Waals surface area contributed by atoms with Crippen molar-refractivity contribution >= 4 is 55.8 Å². The number of thioether (sulfide) groups is 1. The Hall–Kier alpha value is -1.89. The van der Waals surface area contributed by atoms with Crippen molar-refractivity contribution in [3.05, 3.63) is 62.1 Å². The maximum Gasteiger partial charge on any atom is 0.259 e. The number of halogens is 1. The summed E-state index contributed by atoms with van der Waals surface area (Å²) in [7, 11) is 0. The van der Waals surface area contributed by atoms with Crippen LogP contribution in [0.4, 0.5) is 0 Å². The van der Waals surface area contributed by atoms with Gasteiger partial charge in [-0.25, -0.2) is 4.98 Å². The first kappa shape index (κ1) is 16.6.